The third kappa shape index (κ3) is 5.70. The fraction of sp³-hybridized carbons (Fsp3) is 0.476. The molecule has 160 valence electrons. The lowest BCUT2D eigenvalue weighted by atomic mass is 9.84. The molecule has 8 nitrogen and oxygen atoms in total. The normalized spacial score (nSPS) is 21.7. The van der Waals surface area contributed by atoms with Crippen LogP contribution in [0.15, 0.2) is 48.2 Å². The van der Waals surface area contributed by atoms with Gasteiger partial charge in [-0.2, -0.15) is 0 Å². The number of thiophene rings is 1. The second kappa shape index (κ2) is 10.9. The Morgan fingerprint density at radius 3 is 2.47 bits per heavy atom. The standard InChI is InChI=1S/C9H14N4.C9H6N2O2S.C3H8/c1-4-12-5-2-8(1)9(7-12)13-6-3-10-11-13;12-11(13)9-4-3-7(6-10-9)8-2-1-5-14-8;1-3-2/h3,6,8-9H,1-2,4-5,7H2;1-6H;3H2,1-2H3/t9-;;/m0../s1. The maximum absolute atomic E-state index is 10.3. The van der Waals surface area contributed by atoms with Crippen LogP contribution < -0.4 is 0 Å². The average Bonchev–Trinajstić information content (AvgIpc) is 3.50. The molecule has 0 amide bonds. The third-order valence-electron chi connectivity index (χ3n) is 5.14. The predicted octanol–water partition coefficient (Wildman–Crippen LogP) is 4.68. The van der Waals surface area contributed by atoms with Crippen LogP contribution in [0.5, 0.6) is 0 Å². The molecule has 0 aliphatic carbocycles. The highest BCUT2D eigenvalue weighted by molar-refractivity contribution is 7.13. The molecule has 6 rings (SSSR count). The molecule has 3 aromatic heterocycles. The van der Waals surface area contributed by atoms with E-state index >= 15 is 0 Å². The molecular formula is C21H28N6O2S. The molecule has 3 aliphatic rings. The van der Waals surface area contributed by atoms with Crippen molar-refractivity contribution in [2.45, 2.75) is 39.2 Å². The number of nitrogens with zero attached hydrogens (tertiary/aromatic N) is 6. The Bertz CT molecular complexity index is 875. The molecule has 0 spiro atoms. The Kier molecular flexibility index (Phi) is 8.04. The zero-order chi connectivity index (χ0) is 21.3. The Balaban J connectivity index is 0.000000152. The molecule has 1 atom stereocenters. The second-order valence-corrected chi connectivity index (χ2v) is 8.38. The number of rotatable bonds is 3. The van der Waals surface area contributed by atoms with E-state index in [1.165, 1.54) is 51.2 Å². The van der Waals surface area contributed by atoms with Crippen molar-refractivity contribution >= 4 is 17.2 Å². The van der Waals surface area contributed by atoms with Gasteiger partial charge in [0, 0.05) is 29.2 Å². The molecule has 0 saturated carbocycles. The number of piperidine rings is 3. The van der Waals surface area contributed by atoms with E-state index in [4.69, 9.17) is 0 Å². The number of aromatic nitrogens is 4. The average molecular weight is 429 g/mol. The monoisotopic (exact) mass is 428 g/mol. The lowest BCUT2D eigenvalue weighted by Crippen LogP contribution is -2.48. The van der Waals surface area contributed by atoms with Crippen LogP contribution in [0.3, 0.4) is 0 Å². The summed E-state index contributed by atoms with van der Waals surface area (Å²) in [5.41, 5.74) is 0.908. The van der Waals surface area contributed by atoms with Crippen LogP contribution in [0.2, 0.25) is 0 Å². The summed E-state index contributed by atoms with van der Waals surface area (Å²) in [5, 5.41) is 20.3. The molecule has 0 unspecified atom stereocenters. The van der Waals surface area contributed by atoms with Crippen molar-refractivity contribution in [2.24, 2.45) is 5.92 Å². The van der Waals surface area contributed by atoms with Crippen LogP contribution in [-0.4, -0.2) is 49.4 Å². The topological polar surface area (TPSA) is 90.0 Å². The first-order valence-electron chi connectivity index (χ1n) is 10.3. The van der Waals surface area contributed by atoms with Crippen LogP contribution in [0.25, 0.3) is 10.4 Å². The summed E-state index contributed by atoms with van der Waals surface area (Å²) in [7, 11) is 0. The van der Waals surface area contributed by atoms with Gasteiger partial charge in [0.05, 0.1) is 12.2 Å². The van der Waals surface area contributed by atoms with E-state index in [0.717, 1.165) is 16.4 Å². The first-order chi connectivity index (χ1) is 14.6. The molecule has 0 radical (unpaired) electrons. The molecule has 3 aliphatic heterocycles. The minimum atomic E-state index is -0.502. The van der Waals surface area contributed by atoms with E-state index in [1.807, 2.05) is 28.4 Å². The van der Waals surface area contributed by atoms with E-state index in [1.54, 1.807) is 23.6 Å². The molecule has 30 heavy (non-hydrogen) atoms. The summed E-state index contributed by atoms with van der Waals surface area (Å²) in [6.45, 7) is 8.00. The Morgan fingerprint density at radius 2 is 2.00 bits per heavy atom. The number of hydrogen-bond acceptors (Lipinski definition) is 7. The largest absolute Gasteiger partial charge is 0.363 e. The molecule has 0 aromatic carbocycles. The van der Waals surface area contributed by atoms with Gasteiger partial charge in [0.25, 0.3) is 0 Å². The lowest BCUT2D eigenvalue weighted by Gasteiger charge is -2.44. The Hall–Kier alpha value is -2.65. The minimum Gasteiger partial charge on any atom is -0.358 e. The van der Waals surface area contributed by atoms with Crippen LogP contribution >= 0.6 is 11.3 Å². The van der Waals surface area contributed by atoms with Crippen molar-refractivity contribution in [1.29, 1.82) is 0 Å². The van der Waals surface area contributed by atoms with Crippen LogP contribution in [0.4, 0.5) is 5.82 Å². The highest BCUT2D eigenvalue weighted by atomic mass is 32.1. The summed E-state index contributed by atoms with van der Waals surface area (Å²) in [6, 6.07) is 7.59. The summed E-state index contributed by atoms with van der Waals surface area (Å²) >= 11 is 1.58. The maximum atomic E-state index is 10.3. The third-order valence-corrected chi connectivity index (χ3v) is 6.06. The predicted molar refractivity (Wildman–Crippen MR) is 118 cm³/mol. The van der Waals surface area contributed by atoms with E-state index in [9.17, 15) is 10.1 Å². The Morgan fingerprint density at radius 1 is 1.23 bits per heavy atom. The first kappa shape index (κ1) is 22.0. The molecule has 3 saturated heterocycles. The molecule has 3 fully saturated rings. The van der Waals surface area contributed by atoms with Gasteiger partial charge in [0.1, 0.15) is 6.20 Å². The number of fused-ring (bicyclic) bond motifs is 3. The number of hydrogen-bond donors (Lipinski definition) is 0. The number of pyridine rings is 1. The van der Waals surface area contributed by atoms with Gasteiger partial charge < -0.3 is 15.0 Å². The zero-order valence-electron chi connectivity index (χ0n) is 17.4. The van der Waals surface area contributed by atoms with Gasteiger partial charge in [0.15, 0.2) is 0 Å². The van der Waals surface area contributed by atoms with Crippen molar-refractivity contribution in [3.63, 3.8) is 0 Å². The van der Waals surface area contributed by atoms with Gasteiger partial charge in [-0.1, -0.05) is 31.5 Å². The van der Waals surface area contributed by atoms with Crippen LogP contribution in [0, 0.1) is 16.0 Å². The van der Waals surface area contributed by atoms with Crippen molar-refractivity contribution in [3.05, 3.63) is 58.4 Å². The summed E-state index contributed by atoms with van der Waals surface area (Å²) < 4.78 is 2.04. The maximum Gasteiger partial charge on any atom is 0.363 e. The van der Waals surface area contributed by atoms with E-state index in [0.29, 0.717) is 6.04 Å². The number of nitro groups is 1. The van der Waals surface area contributed by atoms with Crippen LogP contribution in [-0.2, 0) is 0 Å². The SMILES string of the molecule is CCC.O=[N+]([O-])c1ccc(-c2cccs2)cn1.c1cn([C@H]2CN3CCC2CC3)nn1. The minimum absolute atomic E-state index is 0.120. The summed E-state index contributed by atoms with van der Waals surface area (Å²) in [6.07, 6.45) is 9.21. The molecule has 3 aromatic rings. The molecule has 0 N–H and O–H groups in total. The van der Waals surface area contributed by atoms with Crippen molar-refractivity contribution in [1.82, 2.24) is 24.9 Å². The first-order valence-corrected chi connectivity index (χ1v) is 11.2. The summed E-state index contributed by atoms with van der Waals surface area (Å²) in [5.74, 6) is 0.719. The quantitative estimate of drug-likeness (QED) is 0.444. The van der Waals surface area contributed by atoms with E-state index in [-0.39, 0.29) is 5.82 Å². The van der Waals surface area contributed by atoms with Gasteiger partial charge in [-0.05, 0) is 59.3 Å². The lowest BCUT2D eigenvalue weighted by molar-refractivity contribution is -0.389. The molecule has 2 bridgehead atoms. The summed E-state index contributed by atoms with van der Waals surface area (Å²) in [4.78, 5) is 17.2. The van der Waals surface area contributed by atoms with Crippen molar-refractivity contribution in [3.8, 4) is 10.4 Å². The van der Waals surface area contributed by atoms with Crippen molar-refractivity contribution in [2.75, 3.05) is 19.6 Å². The second-order valence-electron chi connectivity index (χ2n) is 7.44. The van der Waals surface area contributed by atoms with Gasteiger partial charge in [-0.3, -0.25) is 0 Å². The molecule has 6 heterocycles. The van der Waals surface area contributed by atoms with Crippen LogP contribution in [0.1, 0.15) is 39.2 Å². The highest BCUT2D eigenvalue weighted by Gasteiger charge is 2.35. The molecular weight excluding hydrogens is 400 g/mol. The highest BCUT2D eigenvalue weighted by Crippen LogP contribution is 2.34. The van der Waals surface area contributed by atoms with Gasteiger partial charge >= 0.3 is 5.82 Å². The molecule has 9 heteroatoms. The Labute approximate surface area is 180 Å². The van der Waals surface area contributed by atoms with Crippen molar-refractivity contribution < 1.29 is 4.92 Å². The van der Waals surface area contributed by atoms with Gasteiger partial charge in [0.2, 0.25) is 0 Å². The van der Waals surface area contributed by atoms with Gasteiger partial charge in [-0.15, -0.1) is 16.4 Å². The fourth-order valence-corrected chi connectivity index (χ4v) is 4.43. The zero-order valence-corrected chi connectivity index (χ0v) is 18.2. The van der Waals surface area contributed by atoms with E-state index in [2.05, 4.69) is 34.0 Å². The van der Waals surface area contributed by atoms with E-state index < -0.39 is 4.92 Å². The van der Waals surface area contributed by atoms with Gasteiger partial charge in [-0.25, -0.2) is 4.68 Å². The fourth-order valence-electron chi connectivity index (χ4n) is 3.71. The smallest absolute Gasteiger partial charge is 0.358 e.